The molecule has 1 aliphatic rings. The van der Waals surface area contributed by atoms with E-state index in [1.807, 2.05) is 0 Å². The fourth-order valence-electron chi connectivity index (χ4n) is 3.33. The van der Waals surface area contributed by atoms with Crippen molar-refractivity contribution in [3.05, 3.63) is 55.1 Å². The van der Waals surface area contributed by atoms with Crippen LogP contribution in [0, 0.1) is 0 Å². The summed E-state index contributed by atoms with van der Waals surface area (Å²) in [6, 6.07) is 6.31. The van der Waals surface area contributed by atoms with Crippen LogP contribution in [0.2, 0.25) is 0 Å². The van der Waals surface area contributed by atoms with Crippen LogP contribution in [0.3, 0.4) is 0 Å². The Kier molecular flexibility index (Phi) is 7.17. The van der Waals surface area contributed by atoms with Crippen molar-refractivity contribution in [1.29, 1.82) is 0 Å². The maximum atomic E-state index is 13.0. The molecule has 1 amide bonds. The minimum Gasteiger partial charge on any atom is -0.331 e. The molecule has 0 bridgehead atoms. The molecule has 26 heavy (non-hydrogen) atoms. The van der Waals surface area contributed by atoms with Crippen LogP contribution in [0.25, 0.3) is 0 Å². The fraction of sp³-hybridized carbons (Fsp3) is 0.450. The SMILES string of the molecule is C=CCN(CC=C)C(=O)c1cccc(S(=O)(=O)N(C)C2CCCCC2)c1. The minimum atomic E-state index is -3.62. The van der Waals surface area contributed by atoms with Gasteiger partial charge >= 0.3 is 0 Å². The summed E-state index contributed by atoms with van der Waals surface area (Å²) in [6.07, 6.45) is 8.33. The molecular formula is C20H28N2O3S. The van der Waals surface area contributed by atoms with Gasteiger partial charge in [0.25, 0.3) is 5.91 Å². The lowest BCUT2D eigenvalue weighted by molar-refractivity contribution is 0.0790. The van der Waals surface area contributed by atoms with Crippen molar-refractivity contribution < 1.29 is 13.2 Å². The standard InChI is InChI=1S/C20H28N2O3S/c1-4-14-22(15-5-2)20(23)17-10-9-13-19(16-17)26(24,25)21(3)18-11-7-6-8-12-18/h4-5,9-10,13,16,18H,1-2,6-8,11-12,14-15H2,3H3. The van der Waals surface area contributed by atoms with Gasteiger partial charge in [-0.1, -0.05) is 37.5 Å². The Morgan fingerprint density at radius 2 is 1.77 bits per heavy atom. The molecular weight excluding hydrogens is 348 g/mol. The zero-order valence-corrected chi connectivity index (χ0v) is 16.2. The number of rotatable bonds is 8. The van der Waals surface area contributed by atoms with Crippen LogP contribution in [-0.4, -0.2) is 49.7 Å². The van der Waals surface area contributed by atoms with Crippen LogP contribution in [0.4, 0.5) is 0 Å². The zero-order valence-electron chi connectivity index (χ0n) is 15.4. The molecule has 0 heterocycles. The van der Waals surface area contributed by atoms with Gasteiger partial charge in [-0.05, 0) is 31.0 Å². The van der Waals surface area contributed by atoms with E-state index in [0.717, 1.165) is 32.1 Å². The molecule has 1 fully saturated rings. The maximum Gasteiger partial charge on any atom is 0.254 e. The van der Waals surface area contributed by atoms with Crippen molar-refractivity contribution in [3.63, 3.8) is 0 Å². The highest BCUT2D eigenvalue weighted by atomic mass is 32.2. The Hall–Kier alpha value is -1.92. The molecule has 5 nitrogen and oxygen atoms in total. The first-order valence-corrected chi connectivity index (χ1v) is 10.4. The van der Waals surface area contributed by atoms with Gasteiger partial charge in [0, 0.05) is 31.7 Å². The van der Waals surface area contributed by atoms with Crippen LogP contribution >= 0.6 is 0 Å². The summed E-state index contributed by atoms with van der Waals surface area (Å²) < 4.78 is 27.5. The van der Waals surface area contributed by atoms with Gasteiger partial charge in [0.1, 0.15) is 0 Å². The summed E-state index contributed by atoms with van der Waals surface area (Å²) in [5.74, 6) is -0.234. The lowest BCUT2D eigenvalue weighted by atomic mass is 9.96. The number of hydrogen-bond donors (Lipinski definition) is 0. The van der Waals surface area contributed by atoms with Gasteiger partial charge in [-0.25, -0.2) is 8.42 Å². The first kappa shape index (κ1) is 20.4. The third kappa shape index (κ3) is 4.62. The molecule has 0 unspecified atom stereocenters. The molecule has 0 aromatic heterocycles. The number of nitrogens with zero attached hydrogens (tertiary/aromatic N) is 2. The molecule has 0 atom stereocenters. The molecule has 0 N–H and O–H groups in total. The Labute approximate surface area is 157 Å². The minimum absolute atomic E-state index is 0.0335. The molecule has 0 radical (unpaired) electrons. The first-order valence-electron chi connectivity index (χ1n) is 9.01. The summed E-state index contributed by atoms with van der Waals surface area (Å²) in [4.78, 5) is 14.4. The number of sulfonamides is 1. The quantitative estimate of drug-likeness (QED) is 0.653. The van der Waals surface area contributed by atoms with E-state index in [1.165, 1.54) is 10.4 Å². The van der Waals surface area contributed by atoms with E-state index in [1.54, 1.807) is 42.3 Å². The predicted molar refractivity (Wildman–Crippen MR) is 105 cm³/mol. The van der Waals surface area contributed by atoms with E-state index in [4.69, 9.17) is 0 Å². The topological polar surface area (TPSA) is 57.7 Å². The average Bonchev–Trinajstić information content (AvgIpc) is 2.67. The van der Waals surface area contributed by atoms with E-state index in [2.05, 4.69) is 13.2 Å². The second kappa shape index (κ2) is 9.14. The van der Waals surface area contributed by atoms with Crippen LogP contribution in [0.1, 0.15) is 42.5 Å². The smallest absolute Gasteiger partial charge is 0.254 e. The van der Waals surface area contributed by atoms with Gasteiger partial charge in [-0.15, -0.1) is 13.2 Å². The molecule has 1 aromatic rings. The normalized spacial score (nSPS) is 15.6. The molecule has 0 aliphatic heterocycles. The third-order valence-electron chi connectivity index (χ3n) is 4.83. The van der Waals surface area contributed by atoms with Crippen molar-refractivity contribution in [3.8, 4) is 0 Å². The van der Waals surface area contributed by atoms with E-state index < -0.39 is 10.0 Å². The maximum absolute atomic E-state index is 13.0. The predicted octanol–water partition coefficient (Wildman–Crippen LogP) is 3.45. The molecule has 1 aromatic carbocycles. The second-order valence-corrected chi connectivity index (χ2v) is 8.63. The zero-order chi connectivity index (χ0) is 19.2. The number of amides is 1. The van der Waals surface area contributed by atoms with Gasteiger partial charge in [-0.2, -0.15) is 4.31 Å². The number of carbonyl (C=O) groups excluding carboxylic acids is 1. The first-order chi connectivity index (χ1) is 12.4. The molecule has 2 rings (SSSR count). The monoisotopic (exact) mass is 376 g/mol. The van der Waals surface area contributed by atoms with Crippen molar-refractivity contribution in [1.82, 2.24) is 9.21 Å². The molecule has 6 heteroatoms. The van der Waals surface area contributed by atoms with Crippen molar-refractivity contribution in [2.45, 2.75) is 43.0 Å². The highest BCUT2D eigenvalue weighted by Gasteiger charge is 2.29. The van der Waals surface area contributed by atoms with E-state index >= 15 is 0 Å². The third-order valence-corrected chi connectivity index (χ3v) is 6.74. The summed E-state index contributed by atoms with van der Waals surface area (Å²) in [6.45, 7) is 8.08. The van der Waals surface area contributed by atoms with Gasteiger partial charge in [0.05, 0.1) is 4.90 Å². The molecule has 1 saturated carbocycles. The molecule has 0 spiro atoms. The van der Waals surface area contributed by atoms with Gasteiger partial charge in [0.2, 0.25) is 10.0 Å². The Morgan fingerprint density at radius 1 is 1.15 bits per heavy atom. The van der Waals surface area contributed by atoms with Crippen LogP contribution in [-0.2, 0) is 10.0 Å². The van der Waals surface area contributed by atoms with Crippen LogP contribution in [0.15, 0.2) is 54.5 Å². The van der Waals surface area contributed by atoms with Crippen LogP contribution < -0.4 is 0 Å². The lowest BCUT2D eigenvalue weighted by Gasteiger charge is -2.30. The number of hydrogen-bond acceptors (Lipinski definition) is 3. The molecule has 1 aliphatic carbocycles. The molecule has 0 saturated heterocycles. The highest BCUT2D eigenvalue weighted by Crippen LogP contribution is 2.26. The lowest BCUT2D eigenvalue weighted by Crippen LogP contribution is -2.38. The Bertz CT molecular complexity index is 742. The summed E-state index contributed by atoms with van der Waals surface area (Å²) in [5, 5.41) is 0. The summed E-state index contributed by atoms with van der Waals surface area (Å²) in [7, 11) is -1.98. The van der Waals surface area contributed by atoms with E-state index in [-0.39, 0.29) is 16.8 Å². The largest absolute Gasteiger partial charge is 0.331 e. The highest BCUT2D eigenvalue weighted by molar-refractivity contribution is 7.89. The fourth-order valence-corrected chi connectivity index (χ4v) is 4.79. The van der Waals surface area contributed by atoms with Crippen molar-refractivity contribution in [2.75, 3.05) is 20.1 Å². The van der Waals surface area contributed by atoms with Crippen molar-refractivity contribution in [2.24, 2.45) is 0 Å². The van der Waals surface area contributed by atoms with E-state index in [9.17, 15) is 13.2 Å². The Morgan fingerprint density at radius 3 is 2.35 bits per heavy atom. The summed E-state index contributed by atoms with van der Waals surface area (Å²) >= 11 is 0. The van der Waals surface area contributed by atoms with Crippen LogP contribution in [0.5, 0.6) is 0 Å². The number of benzene rings is 1. The van der Waals surface area contributed by atoms with Gasteiger partial charge < -0.3 is 4.90 Å². The van der Waals surface area contributed by atoms with E-state index in [0.29, 0.717) is 18.7 Å². The number of carbonyl (C=O) groups is 1. The van der Waals surface area contributed by atoms with Gasteiger partial charge in [0.15, 0.2) is 0 Å². The van der Waals surface area contributed by atoms with Crippen molar-refractivity contribution >= 4 is 15.9 Å². The Balaban J connectivity index is 2.27. The van der Waals surface area contributed by atoms with Gasteiger partial charge in [-0.3, -0.25) is 4.79 Å². The summed E-state index contributed by atoms with van der Waals surface area (Å²) in [5.41, 5.74) is 0.354. The average molecular weight is 377 g/mol. The molecule has 142 valence electrons. The second-order valence-electron chi connectivity index (χ2n) is 6.63.